The van der Waals surface area contributed by atoms with Gasteiger partial charge in [-0.25, -0.2) is 13.1 Å². The summed E-state index contributed by atoms with van der Waals surface area (Å²) in [4.78, 5) is 0.192. The molecule has 0 fully saturated rings. The minimum Gasteiger partial charge on any atom is -0.398 e. The predicted octanol–water partition coefficient (Wildman–Crippen LogP) is 1.89. The van der Waals surface area contributed by atoms with Crippen LogP contribution < -0.4 is 10.5 Å². The summed E-state index contributed by atoms with van der Waals surface area (Å²) in [5.74, 6) is 0. The smallest absolute Gasteiger partial charge is 0.240 e. The Morgan fingerprint density at radius 3 is 2.75 bits per heavy atom. The SMILES string of the molecule is C=CCCNS(=O)(=O)c1ccc(N)c(Br)c1. The number of rotatable bonds is 5. The molecular weight excluding hydrogens is 292 g/mol. The van der Waals surface area contributed by atoms with E-state index in [4.69, 9.17) is 5.73 Å². The molecule has 1 aromatic rings. The molecule has 6 heteroatoms. The van der Waals surface area contributed by atoms with Crippen LogP contribution in [0, 0.1) is 0 Å². The highest BCUT2D eigenvalue weighted by atomic mass is 79.9. The third kappa shape index (κ3) is 3.33. The van der Waals surface area contributed by atoms with Crippen molar-refractivity contribution in [3.05, 3.63) is 35.3 Å². The summed E-state index contributed by atoms with van der Waals surface area (Å²) in [7, 11) is -3.46. The van der Waals surface area contributed by atoms with Crippen molar-refractivity contribution in [3.8, 4) is 0 Å². The molecule has 0 bridgehead atoms. The van der Waals surface area contributed by atoms with Gasteiger partial charge in [-0.05, 0) is 40.5 Å². The van der Waals surface area contributed by atoms with Gasteiger partial charge in [-0.15, -0.1) is 6.58 Å². The number of nitrogens with one attached hydrogen (secondary N) is 1. The van der Waals surface area contributed by atoms with E-state index in [2.05, 4.69) is 27.2 Å². The van der Waals surface area contributed by atoms with Gasteiger partial charge in [0.2, 0.25) is 10.0 Å². The van der Waals surface area contributed by atoms with Crippen molar-refractivity contribution in [1.29, 1.82) is 0 Å². The fraction of sp³-hybridized carbons (Fsp3) is 0.200. The van der Waals surface area contributed by atoms with Gasteiger partial charge in [-0.1, -0.05) is 6.08 Å². The molecule has 0 amide bonds. The van der Waals surface area contributed by atoms with E-state index in [1.807, 2.05) is 0 Å². The van der Waals surface area contributed by atoms with E-state index < -0.39 is 10.0 Å². The van der Waals surface area contributed by atoms with Crippen LogP contribution in [0.5, 0.6) is 0 Å². The van der Waals surface area contributed by atoms with Crippen LogP contribution in [0.1, 0.15) is 6.42 Å². The molecule has 1 aromatic carbocycles. The summed E-state index contributed by atoms with van der Waals surface area (Å²) < 4.78 is 26.6. The number of anilines is 1. The summed E-state index contributed by atoms with van der Waals surface area (Å²) in [6.45, 7) is 3.86. The first-order valence-corrected chi connectivity index (χ1v) is 6.90. The zero-order valence-electron chi connectivity index (χ0n) is 8.61. The van der Waals surface area contributed by atoms with E-state index >= 15 is 0 Å². The quantitative estimate of drug-likeness (QED) is 0.496. The lowest BCUT2D eigenvalue weighted by Gasteiger charge is -2.06. The third-order valence-corrected chi connectivity index (χ3v) is 4.07. The Balaban J connectivity index is 2.90. The first kappa shape index (κ1) is 13.2. The lowest BCUT2D eigenvalue weighted by atomic mass is 10.3. The third-order valence-electron chi connectivity index (χ3n) is 1.92. The highest BCUT2D eigenvalue weighted by molar-refractivity contribution is 9.10. The van der Waals surface area contributed by atoms with E-state index in [0.29, 0.717) is 23.1 Å². The number of benzene rings is 1. The number of hydrogen-bond acceptors (Lipinski definition) is 3. The van der Waals surface area contributed by atoms with Crippen LogP contribution in [0.4, 0.5) is 5.69 Å². The Labute approximate surface area is 104 Å². The Morgan fingerprint density at radius 2 is 2.19 bits per heavy atom. The van der Waals surface area contributed by atoms with Gasteiger partial charge < -0.3 is 5.73 Å². The van der Waals surface area contributed by atoms with Gasteiger partial charge in [-0.2, -0.15) is 0 Å². The van der Waals surface area contributed by atoms with Crippen molar-refractivity contribution in [3.63, 3.8) is 0 Å². The summed E-state index contributed by atoms with van der Waals surface area (Å²) in [6.07, 6.45) is 2.25. The number of hydrogen-bond donors (Lipinski definition) is 2. The van der Waals surface area contributed by atoms with Crippen LogP contribution >= 0.6 is 15.9 Å². The average Bonchev–Trinajstić information content (AvgIpc) is 2.22. The minimum absolute atomic E-state index is 0.192. The Bertz CT molecular complexity index is 486. The van der Waals surface area contributed by atoms with Crippen LogP contribution in [-0.4, -0.2) is 15.0 Å². The summed E-state index contributed by atoms with van der Waals surface area (Å²) in [5, 5.41) is 0. The molecule has 16 heavy (non-hydrogen) atoms. The molecule has 88 valence electrons. The highest BCUT2D eigenvalue weighted by Crippen LogP contribution is 2.22. The standard InChI is InChI=1S/C10H13BrN2O2S/c1-2-3-6-13-16(14,15)8-4-5-10(12)9(11)7-8/h2,4-5,7,13H,1,3,6,12H2. The Kier molecular flexibility index (Phi) is 4.52. The Morgan fingerprint density at radius 1 is 1.50 bits per heavy atom. The van der Waals surface area contributed by atoms with Crippen molar-refractivity contribution in [2.24, 2.45) is 0 Å². The van der Waals surface area contributed by atoms with Crippen LogP contribution in [-0.2, 0) is 10.0 Å². The van der Waals surface area contributed by atoms with Crippen LogP contribution in [0.25, 0.3) is 0 Å². The molecule has 0 radical (unpaired) electrons. The van der Waals surface area contributed by atoms with Gasteiger partial charge in [0.15, 0.2) is 0 Å². The lowest BCUT2D eigenvalue weighted by molar-refractivity contribution is 0.582. The monoisotopic (exact) mass is 304 g/mol. The van der Waals surface area contributed by atoms with Crippen molar-refractivity contribution in [1.82, 2.24) is 4.72 Å². The first-order valence-electron chi connectivity index (χ1n) is 4.63. The molecule has 0 unspecified atom stereocenters. The molecule has 3 N–H and O–H groups in total. The normalized spacial score (nSPS) is 11.3. The number of sulfonamides is 1. The topological polar surface area (TPSA) is 72.2 Å². The maximum absolute atomic E-state index is 11.8. The molecule has 0 aromatic heterocycles. The molecule has 0 aliphatic rings. The van der Waals surface area contributed by atoms with Crippen LogP contribution in [0.15, 0.2) is 40.2 Å². The van der Waals surface area contributed by atoms with Gasteiger partial charge >= 0.3 is 0 Å². The number of nitrogen functional groups attached to an aromatic ring is 1. The fourth-order valence-corrected chi connectivity index (χ4v) is 2.66. The van der Waals surface area contributed by atoms with E-state index in [9.17, 15) is 8.42 Å². The molecule has 1 rings (SSSR count). The molecule has 0 spiro atoms. The van der Waals surface area contributed by atoms with Gasteiger partial charge in [0.25, 0.3) is 0 Å². The van der Waals surface area contributed by atoms with Crippen LogP contribution in [0.3, 0.4) is 0 Å². The molecule has 0 heterocycles. The second-order valence-electron chi connectivity index (χ2n) is 3.16. The van der Waals surface area contributed by atoms with E-state index in [0.717, 1.165) is 0 Å². The minimum atomic E-state index is -3.46. The van der Waals surface area contributed by atoms with E-state index in [1.165, 1.54) is 12.1 Å². The first-order chi connectivity index (χ1) is 7.47. The maximum Gasteiger partial charge on any atom is 0.240 e. The zero-order valence-corrected chi connectivity index (χ0v) is 11.0. The van der Waals surface area contributed by atoms with Gasteiger partial charge in [0.1, 0.15) is 0 Å². The summed E-state index contributed by atoms with van der Waals surface area (Å²) in [5.41, 5.74) is 6.08. The maximum atomic E-state index is 11.8. The molecule has 0 saturated heterocycles. The molecule has 0 aliphatic heterocycles. The largest absolute Gasteiger partial charge is 0.398 e. The van der Waals surface area contributed by atoms with Crippen LogP contribution in [0.2, 0.25) is 0 Å². The molecule has 0 atom stereocenters. The fourth-order valence-electron chi connectivity index (χ4n) is 1.05. The second-order valence-corrected chi connectivity index (χ2v) is 5.78. The lowest BCUT2D eigenvalue weighted by Crippen LogP contribution is -2.24. The predicted molar refractivity (Wildman–Crippen MR) is 68.6 cm³/mol. The molecular formula is C10H13BrN2O2S. The number of nitrogens with two attached hydrogens (primary N) is 1. The summed E-state index contributed by atoms with van der Waals surface area (Å²) >= 11 is 3.19. The number of halogens is 1. The van der Waals surface area contributed by atoms with Gasteiger partial charge in [0.05, 0.1) is 4.90 Å². The van der Waals surface area contributed by atoms with Gasteiger partial charge in [0, 0.05) is 16.7 Å². The average molecular weight is 305 g/mol. The van der Waals surface area contributed by atoms with E-state index in [1.54, 1.807) is 12.1 Å². The molecule has 0 saturated carbocycles. The van der Waals surface area contributed by atoms with Crippen molar-refractivity contribution < 1.29 is 8.42 Å². The zero-order chi connectivity index (χ0) is 12.2. The highest BCUT2D eigenvalue weighted by Gasteiger charge is 2.13. The van der Waals surface area contributed by atoms with Gasteiger partial charge in [-0.3, -0.25) is 0 Å². The summed E-state index contributed by atoms with van der Waals surface area (Å²) in [6, 6.07) is 4.49. The van der Waals surface area contributed by atoms with E-state index in [-0.39, 0.29) is 4.90 Å². The second kappa shape index (κ2) is 5.47. The molecule has 0 aliphatic carbocycles. The molecule has 4 nitrogen and oxygen atoms in total. The van der Waals surface area contributed by atoms with Crippen molar-refractivity contribution >= 4 is 31.6 Å². The van der Waals surface area contributed by atoms with Crippen molar-refractivity contribution in [2.45, 2.75) is 11.3 Å². The Hall–Kier alpha value is -0.850. The van der Waals surface area contributed by atoms with Crippen molar-refractivity contribution in [2.75, 3.05) is 12.3 Å².